The van der Waals surface area contributed by atoms with Crippen molar-refractivity contribution in [3.05, 3.63) is 34.4 Å². The second-order valence-electron chi connectivity index (χ2n) is 5.70. The minimum atomic E-state index is 0.339. The maximum absolute atomic E-state index is 5.72. The Morgan fingerprint density at radius 1 is 1.22 bits per heavy atom. The molecule has 2 heteroatoms. The smallest absolute Gasteiger partial charge is 0.188 e. The van der Waals surface area contributed by atoms with Crippen molar-refractivity contribution >= 4 is 5.90 Å². The number of aryl methyl sites for hydroxylation is 3. The van der Waals surface area contributed by atoms with Crippen LogP contribution in [0.15, 0.2) is 17.1 Å². The largest absolute Gasteiger partial charge is 0.478 e. The molecule has 0 N–H and O–H groups in total. The minimum Gasteiger partial charge on any atom is -0.478 e. The van der Waals surface area contributed by atoms with Crippen molar-refractivity contribution in [2.45, 2.75) is 47.1 Å². The van der Waals surface area contributed by atoms with Crippen LogP contribution in [0, 0.1) is 26.7 Å². The molecule has 0 spiro atoms. The average Bonchev–Trinajstić information content (AvgIpc) is 2.71. The molecule has 0 unspecified atom stereocenters. The summed E-state index contributed by atoms with van der Waals surface area (Å²) in [5.74, 6) is 1.46. The second kappa shape index (κ2) is 5.13. The number of benzene rings is 1. The van der Waals surface area contributed by atoms with E-state index in [9.17, 15) is 0 Å². The first-order valence-corrected chi connectivity index (χ1v) is 6.73. The average molecular weight is 245 g/mol. The molecule has 2 nitrogen and oxygen atoms in total. The Hall–Kier alpha value is -1.31. The van der Waals surface area contributed by atoms with Crippen LogP contribution in [0.3, 0.4) is 0 Å². The van der Waals surface area contributed by atoms with E-state index >= 15 is 0 Å². The molecule has 0 radical (unpaired) electrons. The van der Waals surface area contributed by atoms with Gasteiger partial charge in [0.25, 0.3) is 0 Å². The van der Waals surface area contributed by atoms with Gasteiger partial charge in [-0.1, -0.05) is 31.5 Å². The van der Waals surface area contributed by atoms with E-state index in [4.69, 9.17) is 4.74 Å². The summed E-state index contributed by atoms with van der Waals surface area (Å²) in [4.78, 5) is 4.68. The van der Waals surface area contributed by atoms with Gasteiger partial charge < -0.3 is 4.74 Å². The third kappa shape index (κ3) is 2.74. The van der Waals surface area contributed by atoms with Crippen molar-refractivity contribution in [2.75, 3.05) is 6.61 Å². The molecular weight excluding hydrogens is 222 g/mol. The van der Waals surface area contributed by atoms with Crippen molar-refractivity contribution in [1.29, 1.82) is 0 Å². The van der Waals surface area contributed by atoms with Crippen LogP contribution < -0.4 is 0 Å². The van der Waals surface area contributed by atoms with Crippen LogP contribution in [-0.2, 0) is 11.2 Å². The fourth-order valence-corrected chi connectivity index (χ4v) is 2.52. The van der Waals surface area contributed by atoms with Crippen LogP contribution in [0.25, 0.3) is 0 Å². The lowest BCUT2D eigenvalue weighted by atomic mass is 9.97. The van der Waals surface area contributed by atoms with Gasteiger partial charge in [0.15, 0.2) is 5.90 Å². The minimum absolute atomic E-state index is 0.339. The zero-order chi connectivity index (χ0) is 13.3. The number of aliphatic imine (C=N–C) groups is 1. The number of hydrogen-bond acceptors (Lipinski definition) is 2. The Kier molecular flexibility index (Phi) is 3.74. The topological polar surface area (TPSA) is 21.6 Å². The molecule has 0 bridgehead atoms. The molecule has 0 aliphatic carbocycles. The zero-order valence-corrected chi connectivity index (χ0v) is 12.1. The highest BCUT2D eigenvalue weighted by Gasteiger charge is 2.22. The first kappa shape index (κ1) is 13.1. The zero-order valence-electron chi connectivity index (χ0n) is 12.1. The van der Waals surface area contributed by atoms with Crippen LogP contribution in [0.1, 0.15) is 36.1 Å². The fraction of sp³-hybridized carbons (Fsp3) is 0.562. The third-order valence-corrected chi connectivity index (χ3v) is 3.67. The molecule has 0 fully saturated rings. The molecule has 98 valence electrons. The molecular formula is C16H23NO. The molecule has 1 aromatic rings. The lowest BCUT2D eigenvalue weighted by Gasteiger charge is -2.10. The molecule has 1 heterocycles. The van der Waals surface area contributed by atoms with Crippen molar-refractivity contribution in [2.24, 2.45) is 10.9 Å². The summed E-state index contributed by atoms with van der Waals surface area (Å²) in [7, 11) is 0. The SMILES string of the molecule is Cc1cc(C)c(CC2=N[C@@H](C(C)C)CO2)c(C)c1. The Balaban J connectivity index is 2.18. The summed E-state index contributed by atoms with van der Waals surface area (Å²) in [6.07, 6.45) is 0.834. The Morgan fingerprint density at radius 2 is 1.83 bits per heavy atom. The van der Waals surface area contributed by atoms with Gasteiger partial charge in [0.1, 0.15) is 6.61 Å². The van der Waals surface area contributed by atoms with E-state index in [0.717, 1.165) is 18.9 Å². The van der Waals surface area contributed by atoms with Crippen LogP contribution in [0.4, 0.5) is 0 Å². The van der Waals surface area contributed by atoms with E-state index < -0.39 is 0 Å². The van der Waals surface area contributed by atoms with Crippen LogP contribution in [0.5, 0.6) is 0 Å². The highest BCUT2D eigenvalue weighted by Crippen LogP contribution is 2.21. The lowest BCUT2D eigenvalue weighted by Crippen LogP contribution is -2.13. The first-order chi connectivity index (χ1) is 8.47. The molecule has 0 amide bonds. The summed E-state index contributed by atoms with van der Waals surface area (Å²) in [5, 5.41) is 0. The van der Waals surface area contributed by atoms with E-state index in [-0.39, 0.29) is 0 Å². The number of hydrogen-bond donors (Lipinski definition) is 0. The lowest BCUT2D eigenvalue weighted by molar-refractivity contribution is 0.287. The Labute approximate surface area is 110 Å². The summed E-state index contributed by atoms with van der Waals surface area (Å²) in [6, 6.07) is 4.81. The maximum Gasteiger partial charge on any atom is 0.188 e. The summed E-state index contributed by atoms with van der Waals surface area (Å²) in [5.41, 5.74) is 5.37. The third-order valence-electron chi connectivity index (χ3n) is 3.67. The second-order valence-corrected chi connectivity index (χ2v) is 5.70. The van der Waals surface area contributed by atoms with Crippen LogP contribution >= 0.6 is 0 Å². The molecule has 1 aliphatic heterocycles. The summed E-state index contributed by atoms with van der Waals surface area (Å²) in [6.45, 7) is 11.6. The van der Waals surface area contributed by atoms with E-state index in [1.807, 2.05) is 0 Å². The van der Waals surface area contributed by atoms with Crippen LogP contribution in [0.2, 0.25) is 0 Å². The molecule has 0 aromatic heterocycles. The summed E-state index contributed by atoms with van der Waals surface area (Å²) < 4.78 is 5.72. The summed E-state index contributed by atoms with van der Waals surface area (Å²) >= 11 is 0. The predicted molar refractivity (Wildman–Crippen MR) is 76.4 cm³/mol. The molecule has 1 aromatic carbocycles. The van der Waals surface area contributed by atoms with Crippen LogP contribution in [-0.4, -0.2) is 18.5 Å². The van der Waals surface area contributed by atoms with E-state index in [2.05, 4.69) is 51.7 Å². The van der Waals surface area contributed by atoms with Gasteiger partial charge in [-0.15, -0.1) is 0 Å². The Bertz CT molecular complexity index is 451. The maximum atomic E-state index is 5.72. The Morgan fingerprint density at radius 3 is 2.33 bits per heavy atom. The van der Waals surface area contributed by atoms with Gasteiger partial charge >= 0.3 is 0 Å². The highest BCUT2D eigenvalue weighted by atomic mass is 16.5. The van der Waals surface area contributed by atoms with Gasteiger partial charge in [0.2, 0.25) is 0 Å². The highest BCUT2D eigenvalue weighted by molar-refractivity contribution is 5.81. The molecule has 1 aliphatic rings. The molecule has 0 saturated carbocycles. The first-order valence-electron chi connectivity index (χ1n) is 6.73. The van der Waals surface area contributed by atoms with Gasteiger partial charge in [-0.05, 0) is 43.4 Å². The monoisotopic (exact) mass is 245 g/mol. The van der Waals surface area contributed by atoms with E-state index in [1.54, 1.807) is 0 Å². The molecule has 0 saturated heterocycles. The van der Waals surface area contributed by atoms with Gasteiger partial charge in [0, 0.05) is 6.42 Å². The van der Waals surface area contributed by atoms with Gasteiger partial charge in [-0.3, -0.25) is 0 Å². The molecule has 18 heavy (non-hydrogen) atoms. The fourth-order valence-electron chi connectivity index (χ4n) is 2.52. The van der Waals surface area contributed by atoms with Crippen molar-refractivity contribution in [3.63, 3.8) is 0 Å². The van der Waals surface area contributed by atoms with Gasteiger partial charge in [-0.2, -0.15) is 0 Å². The quantitative estimate of drug-likeness (QED) is 0.797. The van der Waals surface area contributed by atoms with Crippen molar-refractivity contribution < 1.29 is 4.74 Å². The van der Waals surface area contributed by atoms with Gasteiger partial charge in [-0.25, -0.2) is 4.99 Å². The van der Waals surface area contributed by atoms with Gasteiger partial charge in [0.05, 0.1) is 6.04 Å². The predicted octanol–water partition coefficient (Wildman–Crippen LogP) is 3.61. The number of ether oxygens (including phenoxy) is 1. The van der Waals surface area contributed by atoms with E-state index in [0.29, 0.717) is 12.0 Å². The normalized spacial score (nSPS) is 19.0. The van der Waals surface area contributed by atoms with Crippen molar-refractivity contribution in [1.82, 2.24) is 0 Å². The number of nitrogens with zero attached hydrogens (tertiary/aromatic N) is 1. The van der Waals surface area contributed by atoms with E-state index in [1.165, 1.54) is 22.3 Å². The molecule has 2 rings (SSSR count). The molecule has 1 atom stereocenters. The standard InChI is InChI=1S/C16H23NO/c1-10(2)15-9-18-16(17-15)8-14-12(4)6-11(3)7-13(14)5/h6-7,10,15H,8-9H2,1-5H3/t15-/m1/s1. The van der Waals surface area contributed by atoms with Crippen molar-refractivity contribution in [3.8, 4) is 0 Å². The number of rotatable bonds is 3.